The summed E-state index contributed by atoms with van der Waals surface area (Å²) in [7, 11) is 0. The van der Waals surface area contributed by atoms with Gasteiger partial charge in [-0.15, -0.1) is 0 Å². The molecule has 1 amide bonds. The van der Waals surface area contributed by atoms with Gasteiger partial charge in [0, 0.05) is 23.4 Å². The Kier molecular flexibility index (Phi) is 4.66. The van der Waals surface area contributed by atoms with Crippen molar-refractivity contribution in [2.24, 2.45) is 0 Å². The fourth-order valence-electron chi connectivity index (χ4n) is 3.05. The summed E-state index contributed by atoms with van der Waals surface area (Å²) >= 11 is 0. The van der Waals surface area contributed by atoms with Gasteiger partial charge in [-0.1, -0.05) is 54.6 Å². The maximum absolute atomic E-state index is 12.9. The molecule has 27 heavy (non-hydrogen) atoms. The number of amides is 1. The number of carbonyl (C=O) groups is 2. The molecule has 0 radical (unpaired) electrons. The van der Waals surface area contributed by atoms with Crippen LogP contribution in [0.1, 0.15) is 26.3 Å². The lowest BCUT2D eigenvalue weighted by Crippen LogP contribution is -2.56. The summed E-state index contributed by atoms with van der Waals surface area (Å²) in [6.45, 7) is 0.951. The first-order valence-corrected chi connectivity index (χ1v) is 8.78. The zero-order chi connectivity index (χ0) is 18.6. The molecule has 0 atom stereocenters. The van der Waals surface area contributed by atoms with Crippen LogP contribution in [-0.4, -0.2) is 40.8 Å². The molecule has 0 bridgehead atoms. The number of ether oxygens (including phenoxy) is 1. The number of hydrogen-bond acceptors (Lipinski definition) is 4. The van der Waals surface area contributed by atoms with E-state index in [1.165, 1.54) is 0 Å². The molecule has 1 aliphatic rings. The van der Waals surface area contributed by atoms with Crippen LogP contribution in [0.4, 0.5) is 0 Å². The average Bonchev–Trinajstić information content (AvgIpc) is 2.71. The lowest BCUT2D eigenvalue weighted by atomic mass is 9.96. The zero-order valence-corrected chi connectivity index (χ0v) is 14.6. The highest BCUT2D eigenvalue weighted by molar-refractivity contribution is 6.15. The summed E-state index contributed by atoms with van der Waals surface area (Å²) < 4.78 is 5.74. The second kappa shape index (κ2) is 7.41. The molecule has 2 aromatic carbocycles. The Labute approximate surface area is 157 Å². The molecular weight excluding hydrogens is 340 g/mol. The summed E-state index contributed by atoms with van der Waals surface area (Å²) in [5, 5.41) is 0. The summed E-state index contributed by atoms with van der Waals surface area (Å²) in [5.41, 5.74) is 1.41. The molecule has 5 heteroatoms. The van der Waals surface area contributed by atoms with Gasteiger partial charge in [0.15, 0.2) is 5.78 Å². The van der Waals surface area contributed by atoms with Crippen molar-refractivity contribution in [3.63, 3.8) is 0 Å². The first-order valence-electron chi connectivity index (χ1n) is 8.78. The van der Waals surface area contributed by atoms with Crippen molar-refractivity contribution in [1.29, 1.82) is 0 Å². The van der Waals surface area contributed by atoms with E-state index in [1.54, 1.807) is 53.6 Å². The third kappa shape index (κ3) is 3.58. The number of rotatable bonds is 5. The number of ketones is 1. The monoisotopic (exact) mass is 358 g/mol. The van der Waals surface area contributed by atoms with Crippen LogP contribution >= 0.6 is 0 Å². The molecule has 5 nitrogen and oxygen atoms in total. The predicted molar refractivity (Wildman–Crippen MR) is 101 cm³/mol. The maximum atomic E-state index is 12.9. The molecule has 4 rings (SSSR count). The zero-order valence-electron chi connectivity index (χ0n) is 14.6. The fraction of sp³-hybridized carbons (Fsp3) is 0.136. The van der Waals surface area contributed by atoms with Crippen LogP contribution in [0.25, 0.3) is 0 Å². The normalized spacial score (nSPS) is 13.7. The highest BCUT2D eigenvalue weighted by atomic mass is 16.5. The standard InChI is InChI=1S/C22H18N2O3/c25-21(16-8-2-1-3-9-16)18-10-4-5-11-19(18)22(26)24-14-17(15-24)27-20-12-6-7-13-23-20/h1-13,17H,14-15H2. The van der Waals surface area contributed by atoms with Gasteiger partial charge in [0.05, 0.1) is 18.7 Å². The van der Waals surface area contributed by atoms with Crippen LogP contribution < -0.4 is 4.74 Å². The van der Waals surface area contributed by atoms with E-state index in [9.17, 15) is 9.59 Å². The lowest BCUT2D eigenvalue weighted by molar-refractivity contribution is 0.0159. The van der Waals surface area contributed by atoms with Crippen molar-refractivity contribution in [2.45, 2.75) is 6.10 Å². The Morgan fingerprint density at radius 3 is 2.22 bits per heavy atom. The number of benzene rings is 2. The fourth-order valence-corrected chi connectivity index (χ4v) is 3.05. The highest BCUT2D eigenvalue weighted by Gasteiger charge is 2.34. The van der Waals surface area contributed by atoms with Crippen LogP contribution in [0.15, 0.2) is 79.0 Å². The van der Waals surface area contributed by atoms with Crippen molar-refractivity contribution in [3.05, 3.63) is 95.7 Å². The van der Waals surface area contributed by atoms with E-state index in [0.717, 1.165) is 0 Å². The molecule has 2 heterocycles. The topological polar surface area (TPSA) is 59.5 Å². The third-order valence-electron chi connectivity index (χ3n) is 4.50. The van der Waals surface area contributed by atoms with Crippen molar-refractivity contribution in [1.82, 2.24) is 9.88 Å². The summed E-state index contributed by atoms with van der Waals surface area (Å²) in [5.74, 6) is 0.242. The van der Waals surface area contributed by atoms with E-state index in [2.05, 4.69) is 4.98 Å². The first-order chi connectivity index (χ1) is 13.2. The third-order valence-corrected chi connectivity index (χ3v) is 4.50. The Balaban J connectivity index is 1.47. The second-order valence-electron chi connectivity index (χ2n) is 6.36. The van der Waals surface area contributed by atoms with Crippen LogP contribution in [0.3, 0.4) is 0 Å². The van der Waals surface area contributed by atoms with Crippen LogP contribution in [0.5, 0.6) is 5.88 Å². The van der Waals surface area contributed by atoms with Crippen LogP contribution in [0.2, 0.25) is 0 Å². The van der Waals surface area contributed by atoms with Crippen LogP contribution in [-0.2, 0) is 0 Å². The Morgan fingerprint density at radius 1 is 0.852 bits per heavy atom. The Bertz CT molecular complexity index is 952. The van der Waals surface area contributed by atoms with Crippen molar-refractivity contribution < 1.29 is 14.3 Å². The van der Waals surface area contributed by atoms with Crippen molar-refractivity contribution in [2.75, 3.05) is 13.1 Å². The largest absolute Gasteiger partial charge is 0.471 e. The number of hydrogen-bond donors (Lipinski definition) is 0. The number of nitrogens with zero attached hydrogens (tertiary/aromatic N) is 2. The van der Waals surface area contributed by atoms with Gasteiger partial charge >= 0.3 is 0 Å². The van der Waals surface area contributed by atoms with Gasteiger partial charge in [0.25, 0.3) is 5.91 Å². The maximum Gasteiger partial charge on any atom is 0.254 e. The van der Waals surface area contributed by atoms with E-state index < -0.39 is 0 Å². The van der Waals surface area contributed by atoms with Gasteiger partial charge in [-0.3, -0.25) is 9.59 Å². The van der Waals surface area contributed by atoms with E-state index in [4.69, 9.17) is 4.74 Å². The Hall–Kier alpha value is -3.47. The van der Waals surface area contributed by atoms with Gasteiger partial charge in [-0.05, 0) is 12.1 Å². The summed E-state index contributed by atoms with van der Waals surface area (Å²) in [4.78, 5) is 31.5. The van der Waals surface area contributed by atoms with Crippen LogP contribution in [0, 0.1) is 0 Å². The van der Waals surface area contributed by atoms with Gasteiger partial charge < -0.3 is 9.64 Å². The average molecular weight is 358 g/mol. The lowest BCUT2D eigenvalue weighted by Gasteiger charge is -2.38. The number of pyridine rings is 1. The van der Waals surface area contributed by atoms with E-state index in [1.807, 2.05) is 30.3 Å². The molecule has 0 unspecified atom stereocenters. The number of aromatic nitrogens is 1. The minimum absolute atomic E-state index is 0.0826. The van der Waals surface area contributed by atoms with Gasteiger partial charge in [-0.2, -0.15) is 0 Å². The number of likely N-dealkylation sites (tertiary alicyclic amines) is 1. The molecule has 1 fully saturated rings. The quantitative estimate of drug-likeness (QED) is 0.657. The van der Waals surface area contributed by atoms with Gasteiger partial charge in [-0.25, -0.2) is 4.98 Å². The minimum Gasteiger partial charge on any atom is -0.471 e. The minimum atomic E-state index is -0.157. The van der Waals surface area contributed by atoms with Gasteiger partial charge in [0.1, 0.15) is 6.10 Å². The van der Waals surface area contributed by atoms with E-state index in [0.29, 0.717) is 35.7 Å². The Morgan fingerprint density at radius 2 is 1.52 bits per heavy atom. The summed E-state index contributed by atoms with van der Waals surface area (Å²) in [6, 6.07) is 21.4. The SMILES string of the molecule is O=C(c1ccccc1)c1ccccc1C(=O)N1CC(Oc2ccccn2)C1. The predicted octanol–water partition coefficient (Wildman–Crippen LogP) is 3.22. The first kappa shape index (κ1) is 17.0. The van der Waals surface area contributed by atoms with E-state index in [-0.39, 0.29) is 17.8 Å². The molecule has 1 aromatic heterocycles. The van der Waals surface area contributed by atoms with Crippen molar-refractivity contribution in [3.8, 4) is 5.88 Å². The molecule has 3 aromatic rings. The van der Waals surface area contributed by atoms with Crippen molar-refractivity contribution >= 4 is 11.7 Å². The molecule has 0 spiro atoms. The smallest absolute Gasteiger partial charge is 0.254 e. The molecule has 1 saturated heterocycles. The molecule has 134 valence electrons. The highest BCUT2D eigenvalue weighted by Crippen LogP contribution is 2.21. The molecule has 0 N–H and O–H groups in total. The molecular formula is C22H18N2O3. The molecule has 1 aliphatic heterocycles. The van der Waals surface area contributed by atoms with Gasteiger partial charge in [0.2, 0.25) is 5.88 Å². The molecule has 0 saturated carbocycles. The molecule has 0 aliphatic carbocycles. The summed E-state index contributed by atoms with van der Waals surface area (Å²) in [6.07, 6.45) is 1.59. The van der Waals surface area contributed by atoms with E-state index >= 15 is 0 Å². The number of carbonyl (C=O) groups excluding carboxylic acids is 2. The second-order valence-corrected chi connectivity index (χ2v) is 6.36.